The van der Waals surface area contributed by atoms with E-state index >= 15 is 0 Å². The molecule has 6 heavy (non-hydrogen) atoms. The summed E-state index contributed by atoms with van der Waals surface area (Å²) in [5.41, 5.74) is -2.12. The second-order valence-corrected chi connectivity index (χ2v) is 7.55. The summed E-state index contributed by atoms with van der Waals surface area (Å²) in [7, 11) is 0. The molecule has 1 atom stereocenters. The second-order valence-electron chi connectivity index (χ2n) is 0.981. The van der Waals surface area contributed by atoms with Gasteiger partial charge in [0.05, 0.1) is 0 Å². The van der Waals surface area contributed by atoms with Crippen LogP contribution in [0, 0.1) is 0 Å². The van der Waals surface area contributed by atoms with Crippen LogP contribution in [0.25, 0.3) is 0 Å². The molecule has 0 saturated carbocycles. The summed E-state index contributed by atoms with van der Waals surface area (Å²) in [6.07, 6.45) is 0.617. The molecule has 0 saturated heterocycles. The van der Waals surface area contributed by atoms with E-state index in [9.17, 15) is 0 Å². The lowest BCUT2D eigenvalue weighted by molar-refractivity contribution is 0.640. The molecule has 0 rings (SSSR count). The van der Waals surface area contributed by atoms with E-state index < -0.39 is 5.47 Å². The smallest absolute Gasteiger partial charge is 0.113 e. The van der Waals surface area contributed by atoms with Crippen molar-refractivity contribution in [3.05, 3.63) is 0 Å². The van der Waals surface area contributed by atoms with E-state index in [1.807, 2.05) is 6.92 Å². The van der Waals surface area contributed by atoms with Crippen molar-refractivity contribution in [2.45, 2.75) is 6.92 Å². The largest absolute Gasteiger partial charge is 0.357 e. The molecular formula is C2H7OPS2. The predicted molar refractivity (Wildman–Crippen MR) is 36.0 cm³/mol. The highest BCUT2D eigenvalue weighted by molar-refractivity contribution is 8.61. The molecule has 0 aromatic rings. The fourth-order valence-corrected chi connectivity index (χ4v) is 0. The molecule has 0 radical (unpaired) electrons. The lowest BCUT2D eigenvalue weighted by atomic mass is 11.0. The molecule has 1 N–H and O–H groups in total. The van der Waals surface area contributed by atoms with Crippen LogP contribution >= 0.6 is 17.7 Å². The molecule has 0 heterocycles. The summed E-state index contributed by atoms with van der Waals surface area (Å²) in [4.78, 5) is 8.62. The first-order valence-electron chi connectivity index (χ1n) is 1.61. The van der Waals surface area contributed by atoms with Gasteiger partial charge in [-0.15, -0.1) is 12.2 Å². The number of hydrogen-bond acceptors (Lipinski definition) is 1. The van der Waals surface area contributed by atoms with Crippen LogP contribution in [0.1, 0.15) is 6.92 Å². The van der Waals surface area contributed by atoms with Crippen molar-refractivity contribution in [1.82, 2.24) is 0 Å². The Kier molecular flexibility index (Phi) is 2.68. The van der Waals surface area contributed by atoms with Gasteiger partial charge in [0.2, 0.25) is 0 Å². The van der Waals surface area contributed by atoms with Crippen LogP contribution in [0.2, 0.25) is 0 Å². The minimum Gasteiger partial charge on any atom is -0.357 e. The van der Waals surface area contributed by atoms with Gasteiger partial charge < -0.3 is 4.89 Å². The molecular weight excluding hydrogens is 135 g/mol. The Labute approximate surface area is 48.0 Å². The van der Waals surface area contributed by atoms with E-state index in [-0.39, 0.29) is 0 Å². The third-order valence-electron chi connectivity index (χ3n) is 0.412. The summed E-state index contributed by atoms with van der Waals surface area (Å²) in [6.45, 7) is 1.83. The molecule has 0 spiro atoms. The lowest BCUT2D eigenvalue weighted by Crippen LogP contribution is -1.67. The van der Waals surface area contributed by atoms with Crippen LogP contribution in [0.3, 0.4) is 0 Å². The van der Waals surface area contributed by atoms with Crippen molar-refractivity contribution in [2.75, 3.05) is 6.16 Å². The van der Waals surface area contributed by atoms with Crippen molar-refractivity contribution in [3.63, 3.8) is 0 Å². The Bertz CT molecular complexity index is 75.6. The first-order valence-corrected chi connectivity index (χ1v) is 5.70. The van der Waals surface area contributed by atoms with Gasteiger partial charge in [-0.25, -0.2) is 0 Å². The van der Waals surface area contributed by atoms with Gasteiger partial charge >= 0.3 is 0 Å². The second kappa shape index (κ2) is 2.31. The zero-order valence-corrected chi connectivity index (χ0v) is 6.06. The van der Waals surface area contributed by atoms with E-state index in [0.717, 1.165) is 0 Å². The molecule has 0 aromatic carbocycles. The van der Waals surface area contributed by atoms with E-state index in [2.05, 4.69) is 24.1 Å². The van der Waals surface area contributed by atoms with Gasteiger partial charge in [0.1, 0.15) is 5.47 Å². The van der Waals surface area contributed by atoms with Gasteiger partial charge in [-0.1, -0.05) is 18.7 Å². The Morgan fingerprint density at radius 3 is 2.17 bits per heavy atom. The molecule has 38 valence electrons. The van der Waals surface area contributed by atoms with Gasteiger partial charge in [-0.3, -0.25) is 0 Å². The maximum atomic E-state index is 8.62. The number of rotatable bonds is 1. The third-order valence-corrected chi connectivity index (χ3v) is 2.86. The van der Waals surface area contributed by atoms with Gasteiger partial charge in [-0.05, 0) is 0 Å². The lowest BCUT2D eigenvalue weighted by Gasteiger charge is -1.98. The number of hydrogen-bond donors (Lipinski definition) is 2. The summed E-state index contributed by atoms with van der Waals surface area (Å²) >= 11 is 8.25. The van der Waals surface area contributed by atoms with Crippen molar-refractivity contribution in [2.24, 2.45) is 0 Å². The maximum absolute atomic E-state index is 8.62. The maximum Gasteiger partial charge on any atom is 0.113 e. The van der Waals surface area contributed by atoms with E-state index in [1.165, 1.54) is 0 Å². The highest BCUT2D eigenvalue weighted by Gasteiger charge is 1.96. The molecule has 1 unspecified atom stereocenters. The van der Waals surface area contributed by atoms with Crippen LogP contribution in [0.5, 0.6) is 0 Å². The van der Waals surface area contributed by atoms with Crippen LogP contribution in [-0.4, -0.2) is 11.1 Å². The minimum absolute atomic E-state index is 0.617. The van der Waals surface area contributed by atoms with Gasteiger partial charge in [0, 0.05) is 6.16 Å². The van der Waals surface area contributed by atoms with Gasteiger partial charge in [0.25, 0.3) is 0 Å². The molecule has 0 aliphatic heterocycles. The molecule has 0 amide bonds. The third kappa shape index (κ3) is 4.96. The van der Waals surface area contributed by atoms with Crippen molar-refractivity contribution in [3.8, 4) is 0 Å². The number of thiol groups is 1. The quantitative estimate of drug-likeness (QED) is 0.424. The molecule has 0 fully saturated rings. The normalized spacial score (nSPS) is 19.8. The predicted octanol–water partition coefficient (Wildman–Crippen LogP) is 1.24. The summed E-state index contributed by atoms with van der Waals surface area (Å²) in [6, 6.07) is 0. The monoisotopic (exact) mass is 142 g/mol. The Morgan fingerprint density at radius 2 is 2.17 bits per heavy atom. The highest BCUT2D eigenvalue weighted by Crippen LogP contribution is 2.44. The highest BCUT2D eigenvalue weighted by atomic mass is 32.9. The summed E-state index contributed by atoms with van der Waals surface area (Å²) < 4.78 is 0. The fraction of sp³-hybridized carbons (Fsp3) is 1.00. The van der Waals surface area contributed by atoms with Crippen LogP contribution in [-0.2, 0) is 11.8 Å². The Morgan fingerprint density at radius 1 is 2.00 bits per heavy atom. The van der Waals surface area contributed by atoms with Crippen molar-refractivity contribution >= 4 is 29.5 Å². The average Bonchev–Trinajstić information content (AvgIpc) is 1.35. The minimum atomic E-state index is -2.12. The molecule has 4 heteroatoms. The fourth-order valence-electron chi connectivity index (χ4n) is 0. The Hall–Kier alpha value is 0.960. The van der Waals surface area contributed by atoms with E-state index in [1.54, 1.807) is 0 Å². The van der Waals surface area contributed by atoms with Gasteiger partial charge in [0.15, 0.2) is 0 Å². The SMILES string of the molecule is CCP(O)(=S)S. The molecule has 1 nitrogen and oxygen atoms in total. The standard InChI is InChI=1S/C2H7OPS2/c1-2-4(3,5)6/h2H2,1H3,(H2,3,5,6). The van der Waals surface area contributed by atoms with E-state index in [0.29, 0.717) is 6.16 Å². The van der Waals surface area contributed by atoms with Gasteiger partial charge in [-0.2, -0.15) is 0 Å². The first-order chi connectivity index (χ1) is 2.56. The molecule has 0 aromatic heterocycles. The first kappa shape index (κ1) is 6.96. The zero-order chi connectivity index (χ0) is 5.21. The van der Waals surface area contributed by atoms with Crippen molar-refractivity contribution < 1.29 is 4.89 Å². The van der Waals surface area contributed by atoms with Crippen molar-refractivity contribution in [1.29, 1.82) is 0 Å². The van der Waals surface area contributed by atoms with Crippen LogP contribution in [0.4, 0.5) is 0 Å². The van der Waals surface area contributed by atoms with Crippen LogP contribution in [0.15, 0.2) is 0 Å². The van der Waals surface area contributed by atoms with E-state index in [4.69, 9.17) is 4.89 Å². The summed E-state index contributed by atoms with van der Waals surface area (Å²) in [5.74, 6) is 0. The average molecular weight is 142 g/mol. The molecule has 0 bridgehead atoms. The summed E-state index contributed by atoms with van der Waals surface area (Å²) in [5, 5.41) is 0. The topological polar surface area (TPSA) is 20.2 Å². The zero-order valence-electron chi connectivity index (χ0n) is 3.46. The van der Waals surface area contributed by atoms with Crippen LogP contribution < -0.4 is 0 Å². The molecule has 0 aliphatic rings. The Balaban J connectivity index is 3.48. The molecule has 0 aliphatic carbocycles.